The summed E-state index contributed by atoms with van der Waals surface area (Å²) in [5, 5.41) is 1.24. The van der Waals surface area contributed by atoms with Gasteiger partial charge in [0.15, 0.2) is 0 Å². The Labute approximate surface area is 146 Å². The Balaban J connectivity index is 1.41. The van der Waals surface area contributed by atoms with Crippen LogP contribution in [0.3, 0.4) is 0 Å². The number of para-hydroxylation sites is 1. The van der Waals surface area contributed by atoms with E-state index in [2.05, 4.69) is 39.2 Å². The quantitative estimate of drug-likeness (QED) is 0.739. The highest BCUT2D eigenvalue weighted by molar-refractivity contribution is 5.90. The SMILES string of the molecule is O=C(c1ncccn1)N1CCC(Cc2ccnc3ccccc23)CC1. The van der Waals surface area contributed by atoms with Crippen LogP contribution in [0.15, 0.2) is 55.0 Å². The number of carbonyl (C=O) groups is 1. The van der Waals surface area contributed by atoms with Gasteiger partial charge >= 0.3 is 0 Å². The molecule has 0 saturated carbocycles. The van der Waals surface area contributed by atoms with Crippen LogP contribution in [0.4, 0.5) is 0 Å². The molecule has 0 N–H and O–H groups in total. The van der Waals surface area contributed by atoms with E-state index in [0.717, 1.165) is 37.9 Å². The van der Waals surface area contributed by atoms with Crippen LogP contribution in [0.25, 0.3) is 10.9 Å². The van der Waals surface area contributed by atoms with Gasteiger partial charge in [0.2, 0.25) is 5.82 Å². The lowest BCUT2D eigenvalue weighted by molar-refractivity contribution is 0.0678. The van der Waals surface area contributed by atoms with Crippen LogP contribution >= 0.6 is 0 Å². The predicted molar refractivity (Wildman–Crippen MR) is 96.1 cm³/mol. The summed E-state index contributed by atoms with van der Waals surface area (Å²) in [7, 11) is 0. The van der Waals surface area contributed by atoms with Crippen LogP contribution < -0.4 is 0 Å². The minimum absolute atomic E-state index is 0.0617. The Kier molecular flexibility index (Phi) is 4.37. The number of likely N-dealkylation sites (tertiary alicyclic amines) is 1. The number of piperidine rings is 1. The third kappa shape index (κ3) is 3.36. The van der Waals surface area contributed by atoms with Gasteiger partial charge in [-0.1, -0.05) is 18.2 Å². The average molecular weight is 332 g/mol. The Bertz CT molecular complexity index is 868. The van der Waals surface area contributed by atoms with Crippen molar-refractivity contribution in [1.29, 1.82) is 0 Å². The number of benzene rings is 1. The van der Waals surface area contributed by atoms with E-state index < -0.39 is 0 Å². The molecule has 126 valence electrons. The fraction of sp³-hybridized carbons (Fsp3) is 0.300. The lowest BCUT2D eigenvalue weighted by atomic mass is 9.89. The Hall–Kier alpha value is -2.82. The number of aromatic nitrogens is 3. The molecule has 1 amide bonds. The lowest BCUT2D eigenvalue weighted by Crippen LogP contribution is -2.39. The Morgan fingerprint density at radius 1 is 0.960 bits per heavy atom. The third-order valence-electron chi connectivity index (χ3n) is 4.91. The van der Waals surface area contributed by atoms with Crippen LogP contribution in [0, 0.1) is 5.92 Å². The maximum atomic E-state index is 12.4. The highest BCUT2D eigenvalue weighted by Crippen LogP contribution is 2.25. The summed E-state index contributed by atoms with van der Waals surface area (Å²) in [5.74, 6) is 0.820. The zero-order valence-corrected chi connectivity index (χ0v) is 14.0. The monoisotopic (exact) mass is 332 g/mol. The molecule has 0 radical (unpaired) electrons. The number of pyridine rings is 1. The number of amides is 1. The van der Waals surface area contributed by atoms with Gasteiger partial charge in [0.05, 0.1) is 5.52 Å². The summed E-state index contributed by atoms with van der Waals surface area (Å²) >= 11 is 0. The van der Waals surface area contributed by atoms with E-state index in [1.807, 2.05) is 17.2 Å². The molecular weight excluding hydrogens is 312 g/mol. The van der Waals surface area contributed by atoms with E-state index in [1.54, 1.807) is 18.5 Å². The molecule has 0 bridgehead atoms. The molecule has 2 aromatic heterocycles. The molecule has 1 saturated heterocycles. The molecule has 1 aliphatic heterocycles. The number of hydrogen-bond donors (Lipinski definition) is 0. The minimum atomic E-state index is -0.0617. The van der Waals surface area contributed by atoms with Crippen molar-refractivity contribution in [1.82, 2.24) is 19.9 Å². The zero-order valence-electron chi connectivity index (χ0n) is 14.0. The number of hydrogen-bond acceptors (Lipinski definition) is 4. The van der Waals surface area contributed by atoms with Crippen LogP contribution in [0.5, 0.6) is 0 Å². The molecule has 0 spiro atoms. The zero-order chi connectivity index (χ0) is 17.1. The molecule has 25 heavy (non-hydrogen) atoms. The highest BCUT2D eigenvalue weighted by atomic mass is 16.2. The standard InChI is InChI=1S/C20H20N4O/c25-20(19-22-9-3-10-23-19)24-12-7-15(8-13-24)14-16-6-11-21-18-5-2-1-4-17(16)18/h1-6,9-11,15H,7-8,12-14H2. The van der Waals surface area contributed by atoms with E-state index in [9.17, 15) is 4.79 Å². The van der Waals surface area contributed by atoms with Gasteiger partial charge < -0.3 is 4.90 Å². The second-order valence-electron chi connectivity index (χ2n) is 6.50. The van der Waals surface area contributed by atoms with Crippen LogP contribution in [0.1, 0.15) is 29.0 Å². The van der Waals surface area contributed by atoms with Crippen LogP contribution in [-0.4, -0.2) is 38.8 Å². The first kappa shape index (κ1) is 15.7. The topological polar surface area (TPSA) is 59.0 Å². The van der Waals surface area contributed by atoms with Gasteiger partial charge in [0.1, 0.15) is 0 Å². The van der Waals surface area contributed by atoms with Crippen molar-refractivity contribution >= 4 is 16.8 Å². The average Bonchev–Trinajstić information content (AvgIpc) is 2.69. The van der Waals surface area contributed by atoms with E-state index >= 15 is 0 Å². The highest BCUT2D eigenvalue weighted by Gasteiger charge is 2.25. The summed E-state index contributed by atoms with van der Waals surface area (Å²) in [6.07, 6.45) is 8.17. The second-order valence-corrected chi connectivity index (χ2v) is 6.50. The first-order valence-corrected chi connectivity index (χ1v) is 8.70. The first-order valence-electron chi connectivity index (χ1n) is 8.70. The number of rotatable bonds is 3. The van der Waals surface area contributed by atoms with Gasteiger partial charge in [-0.2, -0.15) is 0 Å². The molecule has 1 aliphatic rings. The van der Waals surface area contributed by atoms with E-state index in [1.165, 1.54) is 10.9 Å². The lowest BCUT2D eigenvalue weighted by Gasteiger charge is -2.31. The summed E-state index contributed by atoms with van der Waals surface area (Å²) in [6.45, 7) is 1.54. The van der Waals surface area contributed by atoms with Crippen LogP contribution in [0.2, 0.25) is 0 Å². The maximum Gasteiger partial charge on any atom is 0.291 e. The van der Waals surface area contributed by atoms with Gasteiger partial charge in [0, 0.05) is 37.1 Å². The van der Waals surface area contributed by atoms with Crippen molar-refractivity contribution < 1.29 is 4.79 Å². The summed E-state index contributed by atoms with van der Waals surface area (Å²) < 4.78 is 0. The molecule has 5 nitrogen and oxygen atoms in total. The smallest absolute Gasteiger partial charge is 0.291 e. The molecule has 1 aromatic carbocycles. The molecule has 4 rings (SSSR count). The largest absolute Gasteiger partial charge is 0.336 e. The van der Waals surface area contributed by atoms with Crippen molar-refractivity contribution in [3.8, 4) is 0 Å². The van der Waals surface area contributed by atoms with Crippen molar-refractivity contribution in [2.24, 2.45) is 5.92 Å². The van der Waals surface area contributed by atoms with Gasteiger partial charge in [-0.15, -0.1) is 0 Å². The molecule has 3 aromatic rings. The number of fused-ring (bicyclic) bond motifs is 1. The molecule has 1 fully saturated rings. The van der Waals surface area contributed by atoms with E-state index in [0.29, 0.717) is 11.7 Å². The van der Waals surface area contributed by atoms with Crippen molar-refractivity contribution in [3.05, 3.63) is 66.4 Å². The van der Waals surface area contributed by atoms with Crippen molar-refractivity contribution in [3.63, 3.8) is 0 Å². The Morgan fingerprint density at radius 2 is 1.72 bits per heavy atom. The molecule has 0 aliphatic carbocycles. The van der Waals surface area contributed by atoms with Crippen molar-refractivity contribution in [2.45, 2.75) is 19.3 Å². The second kappa shape index (κ2) is 6.97. The number of carbonyl (C=O) groups excluding carboxylic acids is 1. The van der Waals surface area contributed by atoms with Gasteiger partial charge in [-0.3, -0.25) is 9.78 Å². The maximum absolute atomic E-state index is 12.4. The van der Waals surface area contributed by atoms with Gasteiger partial charge in [-0.25, -0.2) is 9.97 Å². The number of nitrogens with zero attached hydrogens (tertiary/aromatic N) is 4. The summed E-state index contributed by atoms with van der Waals surface area (Å²) in [4.78, 5) is 26.9. The molecule has 0 atom stereocenters. The van der Waals surface area contributed by atoms with Crippen LogP contribution in [-0.2, 0) is 6.42 Å². The van der Waals surface area contributed by atoms with E-state index in [4.69, 9.17) is 0 Å². The van der Waals surface area contributed by atoms with Gasteiger partial charge in [-0.05, 0) is 48.9 Å². The predicted octanol–water partition coefficient (Wildman–Crippen LogP) is 3.12. The molecule has 5 heteroatoms. The summed E-state index contributed by atoms with van der Waals surface area (Å²) in [5.41, 5.74) is 2.40. The Morgan fingerprint density at radius 3 is 2.52 bits per heavy atom. The minimum Gasteiger partial charge on any atom is -0.336 e. The molecular formula is C20H20N4O. The summed E-state index contributed by atoms with van der Waals surface area (Å²) in [6, 6.07) is 12.1. The fourth-order valence-electron chi connectivity index (χ4n) is 3.54. The molecule has 3 heterocycles. The normalized spacial score (nSPS) is 15.4. The van der Waals surface area contributed by atoms with Crippen molar-refractivity contribution in [2.75, 3.05) is 13.1 Å². The first-order chi connectivity index (χ1) is 12.3. The van der Waals surface area contributed by atoms with Gasteiger partial charge in [0.25, 0.3) is 5.91 Å². The van der Waals surface area contributed by atoms with E-state index in [-0.39, 0.29) is 5.91 Å². The third-order valence-corrected chi connectivity index (χ3v) is 4.91. The molecule has 0 unspecified atom stereocenters. The fourth-order valence-corrected chi connectivity index (χ4v) is 3.54.